The highest BCUT2D eigenvalue weighted by atomic mass is 16.5. The molecular formula is C22H27N3O8. The van der Waals surface area contributed by atoms with Crippen LogP contribution in [0.25, 0.3) is 5.69 Å². The number of rotatable bonds is 10. The van der Waals surface area contributed by atoms with E-state index >= 15 is 0 Å². The summed E-state index contributed by atoms with van der Waals surface area (Å²) in [4.78, 5) is 49.3. The minimum atomic E-state index is -1.37. The van der Waals surface area contributed by atoms with Crippen LogP contribution in [0, 0.1) is 0 Å². The molecule has 0 atom stereocenters. The van der Waals surface area contributed by atoms with E-state index in [2.05, 4.69) is 5.32 Å². The average molecular weight is 461 g/mol. The van der Waals surface area contributed by atoms with Crippen molar-refractivity contribution in [3.8, 4) is 23.1 Å². The van der Waals surface area contributed by atoms with Gasteiger partial charge in [0.05, 0.1) is 11.8 Å². The first-order chi connectivity index (χ1) is 15.6. The summed E-state index contributed by atoms with van der Waals surface area (Å²) in [6, 6.07) is 6.00. The molecule has 1 heterocycles. The van der Waals surface area contributed by atoms with Crippen LogP contribution >= 0.6 is 0 Å². The van der Waals surface area contributed by atoms with Gasteiger partial charge in [0.1, 0.15) is 23.4 Å². The molecule has 1 aromatic heterocycles. The molecule has 11 heteroatoms. The lowest BCUT2D eigenvalue weighted by Crippen LogP contribution is -2.36. The zero-order valence-corrected chi connectivity index (χ0v) is 18.5. The predicted molar refractivity (Wildman–Crippen MR) is 118 cm³/mol. The Labute approximate surface area is 189 Å². The van der Waals surface area contributed by atoms with Crippen LogP contribution in [-0.4, -0.2) is 56.9 Å². The van der Waals surface area contributed by atoms with Gasteiger partial charge in [-0.25, -0.2) is 4.57 Å². The fourth-order valence-electron chi connectivity index (χ4n) is 2.98. The lowest BCUT2D eigenvalue weighted by atomic mass is 10.1. The van der Waals surface area contributed by atoms with E-state index in [1.54, 1.807) is 19.9 Å². The number of nitrogens with one attached hydrogen (secondary N) is 2. The highest BCUT2D eigenvalue weighted by Crippen LogP contribution is 2.31. The second-order valence-corrected chi connectivity index (χ2v) is 7.41. The molecule has 2 rings (SSSR count). The van der Waals surface area contributed by atoms with Gasteiger partial charge in [0.2, 0.25) is 5.88 Å². The third-order valence-electron chi connectivity index (χ3n) is 4.44. The van der Waals surface area contributed by atoms with Crippen molar-refractivity contribution >= 4 is 17.8 Å². The van der Waals surface area contributed by atoms with E-state index in [-0.39, 0.29) is 18.3 Å². The minimum absolute atomic E-state index is 0.0607. The highest BCUT2D eigenvalue weighted by Gasteiger charge is 2.30. The van der Waals surface area contributed by atoms with E-state index in [9.17, 15) is 29.4 Å². The summed E-state index contributed by atoms with van der Waals surface area (Å²) < 4.78 is 6.27. The molecule has 0 fully saturated rings. The maximum atomic E-state index is 13.2. The number of carboxylic acids is 1. The number of aliphatic carboxylic acids is 1. The molecule has 1 aromatic carbocycles. The second-order valence-electron chi connectivity index (χ2n) is 7.41. The molecule has 0 unspecified atom stereocenters. The Morgan fingerprint density at radius 2 is 1.76 bits per heavy atom. The number of benzene rings is 1. The Bertz CT molecular complexity index is 1110. The standard InChI is InChI=1S/C22H27N3O8/c1-4-5-9-23-19(29)16-18(28)17(20(30)24-11-15(26)27)22(32)25(21(16)31)13-7-6-8-14(10-13)33-12(2)3/h6-8,10,12,28,32H,4-5,9,11H2,1-3H3,(H,23,29)(H,24,30)(H,26,27). The normalized spacial score (nSPS) is 10.7. The summed E-state index contributed by atoms with van der Waals surface area (Å²) in [6.07, 6.45) is 1.18. The van der Waals surface area contributed by atoms with Gasteiger partial charge in [-0.1, -0.05) is 19.4 Å². The number of ether oxygens (including phenoxy) is 1. The van der Waals surface area contributed by atoms with Gasteiger partial charge in [0.15, 0.2) is 5.75 Å². The first kappa shape index (κ1) is 25.2. The van der Waals surface area contributed by atoms with Crippen LogP contribution in [0.3, 0.4) is 0 Å². The number of hydrogen-bond acceptors (Lipinski definition) is 7. The smallest absolute Gasteiger partial charge is 0.322 e. The van der Waals surface area contributed by atoms with E-state index in [0.29, 0.717) is 16.7 Å². The highest BCUT2D eigenvalue weighted by molar-refractivity contribution is 6.05. The van der Waals surface area contributed by atoms with Gasteiger partial charge in [-0.15, -0.1) is 0 Å². The number of nitrogens with zero attached hydrogens (tertiary/aromatic N) is 1. The summed E-state index contributed by atoms with van der Waals surface area (Å²) in [6.45, 7) is 4.88. The molecule has 0 radical (unpaired) electrons. The van der Waals surface area contributed by atoms with Crippen molar-refractivity contribution in [2.75, 3.05) is 13.1 Å². The molecule has 178 valence electrons. The number of carbonyl (C=O) groups is 3. The van der Waals surface area contributed by atoms with E-state index in [0.717, 1.165) is 6.42 Å². The van der Waals surface area contributed by atoms with Crippen molar-refractivity contribution in [3.05, 3.63) is 45.7 Å². The number of carbonyl (C=O) groups excluding carboxylic acids is 2. The number of pyridine rings is 1. The molecule has 11 nitrogen and oxygen atoms in total. The summed E-state index contributed by atoms with van der Waals surface area (Å²) in [7, 11) is 0. The van der Waals surface area contributed by atoms with Crippen molar-refractivity contribution in [1.29, 1.82) is 0 Å². The van der Waals surface area contributed by atoms with Crippen molar-refractivity contribution in [3.63, 3.8) is 0 Å². The lowest BCUT2D eigenvalue weighted by molar-refractivity contribution is -0.135. The summed E-state index contributed by atoms with van der Waals surface area (Å²) >= 11 is 0. The minimum Gasteiger partial charge on any atom is -0.506 e. The third kappa shape index (κ3) is 6.03. The van der Waals surface area contributed by atoms with E-state index in [1.807, 2.05) is 12.2 Å². The second kappa shape index (κ2) is 11.0. The largest absolute Gasteiger partial charge is 0.506 e. The van der Waals surface area contributed by atoms with E-state index in [1.165, 1.54) is 18.2 Å². The zero-order chi connectivity index (χ0) is 24.7. The van der Waals surface area contributed by atoms with Crippen LogP contribution in [0.1, 0.15) is 54.3 Å². The Kier molecular flexibility index (Phi) is 8.43. The maximum Gasteiger partial charge on any atom is 0.322 e. The topological polar surface area (TPSA) is 167 Å². The average Bonchev–Trinajstić information content (AvgIpc) is 2.72. The van der Waals surface area contributed by atoms with Gasteiger partial charge in [-0.05, 0) is 32.4 Å². The molecule has 0 bridgehead atoms. The number of amides is 2. The molecule has 0 aliphatic heterocycles. The van der Waals surface area contributed by atoms with Crippen LogP contribution in [0.15, 0.2) is 29.1 Å². The molecule has 33 heavy (non-hydrogen) atoms. The maximum absolute atomic E-state index is 13.2. The third-order valence-corrected chi connectivity index (χ3v) is 4.44. The Hall–Kier alpha value is -4.02. The fraction of sp³-hybridized carbons (Fsp3) is 0.364. The Balaban J connectivity index is 2.73. The number of hydrogen-bond donors (Lipinski definition) is 5. The van der Waals surface area contributed by atoms with Crippen LogP contribution in [-0.2, 0) is 4.79 Å². The lowest BCUT2D eigenvalue weighted by Gasteiger charge is -2.17. The van der Waals surface area contributed by atoms with Gasteiger partial charge >= 0.3 is 5.97 Å². The number of unbranched alkanes of at least 4 members (excludes halogenated alkanes) is 1. The molecule has 0 aliphatic carbocycles. The van der Waals surface area contributed by atoms with Crippen molar-refractivity contribution in [2.24, 2.45) is 0 Å². The fourth-order valence-corrected chi connectivity index (χ4v) is 2.98. The molecule has 0 aliphatic rings. The van der Waals surface area contributed by atoms with Crippen LogP contribution in [0.2, 0.25) is 0 Å². The molecule has 0 saturated heterocycles. The molecule has 5 N–H and O–H groups in total. The summed E-state index contributed by atoms with van der Waals surface area (Å²) in [5.41, 5.74) is -2.59. The van der Waals surface area contributed by atoms with Crippen LogP contribution in [0.5, 0.6) is 17.4 Å². The van der Waals surface area contributed by atoms with Crippen molar-refractivity contribution < 1.29 is 34.4 Å². The van der Waals surface area contributed by atoms with Crippen molar-refractivity contribution in [1.82, 2.24) is 15.2 Å². The first-order valence-electron chi connectivity index (χ1n) is 10.3. The molecule has 2 amide bonds. The molecule has 0 saturated carbocycles. The summed E-state index contributed by atoms with van der Waals surface area (Å²) in [5, 5.41) is 34.7. The SMILES string of the molecule is CCCCNC(=O)c1c(O)c(C(=O)NCC(=O)O)c(O)n(-c2cccc(OC(C)C)c2)c1=O. The molecule has 0 spiro atoms. The first-order valence-corrected chi connectivity index (χ1v) is 10.3. The number of aromatic hydroxyl groups is 2. The quantitative estimate of drug-likeness (QED) is 0.331. The van der Waals surface area contributed by atoms with E-state index in [4.69, 9.17) is 9.84 Å². The van der Waals surface area contributed by atoms with Crippen LogP contribution < -0.4 is 20.9 Å². The Morgan fingerprint density at radius 1 is 1.09 bits per heavy atom. The van der Waals surface area contributed by atoms with Crippen molar-refractivity contribution in [2.45, 2.75) is 39.7 Å². The predicted octanol–water partition coefficient (Wildman–Crippen LogP) is 1.38. The molecular weight excluding hydrogens is 434 g/mol. The van der Waals surface area contributed by atoms with E-state index < -0.39 is 52.6 Å². The number of aromatic nitrogens is 1. The van der Waals surface area contributed by atoms with Gasteiger partial charge in [0.25, 0.3) is 17.4 Å². The monoisotopic (exact) mass is 461 g/mol. The van der Waals surface area contributed by atoms with Gasteiger partial charge < -0.3 is 30.7 Å². The summed E-state index contributed by atoms with van der Waals surface area (Å²) in [5.74, 6) is -5.16. The molecule has 2 aromatic rings. The van der Waals surface area contributed by atoms with Gasteiger partial charge in [-0.2, -0.15) is 0 Å². The van der Waals surface area contributed by atoms with Gasteiger partial charge in [0, 0.05) is 12.6 Å². The Morgan fingerprint density at radius 3 is 2.36 bits per heavy atom. The van der Waals surface area contributed by atoms with Gasteiger partial charge in [-0.3, -0.25) is 19.2 Å². The number of carboxylic acid groups (broad SMARTS) is 1. The zero-order valence-electron chi connectivity index (χ0n) is 18.5. The van der Waals surface area contributed by atoms with Crippen LogP contribution in [0.4, 0.5) is 0 Å².